The third-order valence-corrected chi connectivity index (χ3v) is 8.50. The number of thiophene rings is 1. The number of nitrogens with one attached hydrogen (secondary N) is 2. The maximum Gasteiger partial charge on any atom is 1.00 e. The smallest absolute Gasteiger partial charge is 0.748 e. The van der Waals surface area contributed by atoms with Crippen LogP contribution in [-0.4, -0.2) is 56.4 Å². The van der Waals surface area contributed by atoms with Crippen LogP contribution in [0.5, 0.6) is 0 Å². The van der Waals surface area contributed by atoms with Crippen molar-refractivity contribution in [1.82, 2.24) is 4.98 Å². The van der Waals surface area contributed by atoms with Crippen LogP contribution in [0.25, 0.3) is 0 Å². The van der Waals surface area contributed by atoms with Crippen LogP contribution in [-0.2, 0) is 39.7 Å². The quantitative estimate of drug-likeness (QED) is 0.0294. The Morgan fingerprint density at radius 2 is 1.24 bits per heavy atom. The van der Waals surface area contributed by atoms with Crippen molar-refractivity contribution < 1.29 is 129 Å². The third-order valence-electron chi connectivity index (χ3n) is 6.24. The standard InChI is InChI=1S/C30H21N9O6S3.2CH4O3S.4Li/c1-18-25(17-32)28(33-20-8-4-2-5-9-20)35-29(34-21-10-6-3-7-11-21)27(18)38-39-30-19(16-31)12-26(46-30)37-36-22-13-23(47-45-44-40)15-24(14-22)48(41,42)43;2*1-5(2,3)4;;;;/h2-15,40H,1H3,(H2,33,34,35)(H,41,42,43);2*1H3,(H,2,3,4);;;;/q;;;4*+1/p-4. The van der Waals surface area contributed by atoms with Crippen molar-refractivity contribution in [3.8, 4) is 12.1 Å². The van der Waals surface area contributed by atoms with Crippen LogP contribution < -0.4 is 91.3 Å². The summed E-state index contributed by atoms with van der Waals surface area (Å²) in [6.45, 7) is 1.71. The van der Waals surface area contributed by atoms with Crippen LogP contribution in [0.1, 0.15) is 16.7 Å². The maximum absolute atomic E-state index is 11.6. The first-order chi connectivity index (χ1) is 27.2. The fraction of sp³-hybridized carbons (Fsp3) is 0.0938. The second-order valence-electron chi connectivity index (χ2n) is 10.8. The SMILES string of the molecule is CS(=O)(=O)[O-].CS(=O)(=O)[O-].Cc1c(C#N)c(Nc2ccccc2)nc(Nc2ccccc2)c1N=Nc1sc(N=Nc2cc(SOO[O-])cc(S(=O)(=O)[O-])c2)cc1C#N.[Li+].[Li+].[Li+].[Li+]. The molecule has 0 bridgehead atoms. The first-order valence-corrected chi connectivity index (χ1v) is 21.8. The van der Waals surface area contributed by atoms with E-state index in [0.717, 1.165) is 29.2 Å². The number of pyridine rings is 1. The van der Waals surface area contributed by atoms with Crippen LogP contribution in [0.3, 0.4) is 0 Å². The van der Waals surface area contributed by atoms with Gasteiger partial charge in [0.2, 0.25) is 0 Å². The topological polar surface area (TPSA) is 347 Å². The second kappa shape index (κ2) is 28.4. The van der Waals surface area contributed by atoms with Gasteiger partial charge < -0.3 is 29.5 Å². The summed E-state index contributed by atoms with van der Waals surface area (Å²) in [6.07, 6.45) is 1.21. The van der Waals surface area contributed by atoms with E-state index in [-0.39, 0.29) is 113 Å². The Bertz CT molecular complexity index is 2680. The van der Waals surface area contributed by atoms with Crippen molar-refractivity contribution in [2.75, 3.05) is 23.1 Å². The van der Waals surface area contributed by atoms with Gasteiger partial charge in [0.15, 0.2) is 16.6 Å². The monoisotopic (exact) mass is 915 g/mol. The van der Waals surface area contributed by atoms with Crippen molar-refractivity contribution in [2.45, 2.75) is 16.7 Å². The summed E-state index contributed by atoms with van der Waals surface area (Å²) in [6, 6.07) is 27.3. The summed E-state index contributed by atoms with van der Waals surface area (Å²) in [4.78, 5) is 4.06. The molecular formula is C32H25Li4N9O12S5. The first-order valence-electron chi connectivity index (χ1n) is 15.2. The maximum atomic E-state index is 11.6. The summed E-state index contributed by atoms with van der Waals surface area (Å²) in [5.74, 6) is 0.598. The van der Waals surface area contributed by atoms with Gasteiger partial charge in [0, 0.05) is 34.3 Å². The van der Waals surface area contributed by atoms with Crippen molar-refractivity contribution >= 4 is 98.1 Å². The molecule has 0 atom stereocenters. The van der Waals surface area contributed by atoms with Gasteiger partial charge in [0.1, 0.15) is 32.9 Å². The molecule has 0 saturated carbocycles. The molecule has 0 saturated heterocycles. The van der Waals surface area contributed by atoms with Gasteiger partial charge in [0.25, 0.3) is 0 Å². The number of anilines is 4. The zero-order chi connectivity index (χ0) is 43.1. The van der Waals surface area contributed by atoms with E-state index in [1.807, 2.05) is 66.7 Å². The fourth-order valence-corrected chi connectivity index (χ4v) is 5.90. The molecule has 0 amide bonds. The summed E-state index contributed by atoms with van der Waals surface area (Å²) >= 11 is 1.31. The number of rotatable bonds is 12. The first kappa shape index (κ1) is 60.7. The van der Waals surface area contributed by atoms with Gasteiger partial charge in [-0.25, -0.2) is 30.2 Å². The van der Waals surface area contributed by atoms with Gasteiger partial charge in [0.05, 0.1) is 54.0 Å². The molecule has 5 aromatic rings. The number of hydrogen-bond acceptors (Lipinski definition) is 23. The molecule has 0 aliphatic carbocycles. The predicted molar refractivity (Wildman–Crippen MR) is 204 cm³/mol. The molecule has 5 rings (SSSR count). The molecule has 2 aromatic heterocycles. The molecule has 21 nitrogen and oxygen atoms in total. The molecule has 3 aromatic carbocycles. The van der Waals surface area contributed by atoms with E-state index in [0.29, 0.717) is 47.4 Å². The zero-order valence-electron chi connectivity index (χ0n) is 33.7. The van der Waals surface area contributed by atoms with E-state index in [1.54, 1.807) is 6.92 Å². The predicted octanol–water partition coefficient (Wildman–Crippen LogP) is -6.01. The summed E-state index contributed by atoms with van der Waals surface area (Å²) < 4.78 is 93.4. The average molecular weight is 916 g/mol. The van der Waals surface area contributed by atoms with Gasteiger partial charge in [-0.1, -0.05) is 47.7 Å². The number of aromatic nitrogens is 1. The van der Waals surface area contributed by atoms with Gasteiger partial charge in [-0.05, 0) is 55.5 Å². The molecule has 0 radical (unpaired) electrons. The zero-order valence-corrected chi connectivity index (χ0v) is 37.7. The van der Waals surface area contributed by atoms with E-state index in [1.165, 1.54) is 12.1 Å². The van der Waals surface area contributed by atoms with Crippen LogP contribution in [0.4, 0.5) is 44.4 Å². The van der Waals surface area contributed by atoms with Crippen molar-refractivity contribution in [1.29, 1.82) is 10.5 Å². The summed E-state index contributed by atoms with van der Waals surface area (Å²) in [5.41, 5.74) is 2.43. The van der Waals surface area contributed by atoms with E-state index >= 15 is 0 Å². The van der Waals surface area contributed by atoms with E-state index in [9.17, 15) is 28.8 Å². The molecule has 0 aliphatic heterocycles. The summed E-state index contributed by atoms with van der Waals surface area (Å²) in [7, 11) is -12.7. The Balaban J connectivity index is 0. The van der Waals surface area contributed by atoms with Crippen LogP contribution in [0, 0.1) is 29.6 Å². The molecule has 0 fully saturated rings. The van der Waals surface area contributed by atoms with Gasteiger partial charge in [-0.2, -0.15) is 14.9 Å². The fourth-order valence-electron chi connectivity index (χ4n) is 4.08. The Morgan fingerprint density at radius 3 is 1.71 bits per heavy atom. The van der Waals surface area contributed by atoms with Crippen LogP contribution in [0.2, 0.25) is 0 Å². The molecule has 62 heavy (non-hydrogen) atoms. The minimum atomic E-state index is -4.89. The Hall–Kier alpha value is -3.36. The normalized spacial score (nSPS) is 10.7. The van der Waals surface area contributed by atoms with E-state index in [4.69, 9.17) is 25.9 Å². The minimum absolute atomic E-state index is 0. The van der Waals surface area contributed by atoms with E-state index < -0.39 is 35.2 Å². The van der Waals surface area contributed by atoms with Crippen molar-refractivity contribution in [3.63, 3.8) is 0 Å². The number of nitrogens with zero attached hydrogens (tertiary/aromatic N) is 7. The number of nitriles is 2. The van der Waals surface area contributed by atoms with Gasteiger partial charge in [-0.3, -0.25) is 5.04 Å². The molecule has 2 heterocycles. The van der Waals surface area contributed by atoms with Gasteiger partial charge >= 0.3 is 75.4 Å². The Morgan fingerprint density at radius 1 is 0.726 bits per heavy atom. The second-order valence-corrected chi connectivity index (χ2v) is 16.8. The molecule has 304 valence electrons. The number of hydrogen-bond donors (Lipinski definition) is 2. The Labute approximate surface area is 412 Å². The minimum Gasteiger partial charge on any atom is -0.748 e. The molecule has 0 unspecified atom stereocenters. The van der Waals surface area contributed by atoms with E-state index in [2.05, 4.69) is 51.5 Å². The van der Waals surface area contributed by atoms with Crippen LogP contribution in [0.15, 0.2) is 115 Å². The number of benzene rings is 3. The third kappa shape index (κ3) is 22.3. The molecule has 2 N–H and O–H groups in total. The number of azo groups is 2. The van der Waals surface area contributed by atoms with Crippen LogP contribution >= 0.6 is 23.4 Å². The van der Waals surface area contributed by atoms with Crippen molar-refractivity contribution in [2.24, 2.45) is 20.5 Å². The molecule has 30 heteroatoms. The molecule has 0 aliphatic rings. The average Bonchev–Trinajstić information content (AvgIpc) is 3.54. The molecule has 0 spiro atoms. The van der Waals surface area contributed by atoms with Crippen molar-refractivity contribution in [3.05, 3.63) is 102 Å². The van der Waals surface area contributed by atoms with Gasteiger partial charge in [-0.15, -0.1) is 20.5 Å². The summed E-state index contributed by atoms with van der Waals surface area (Å²) in [5, 5.41) is 56.8. The largest absolute Gasteiger partial charge is 1.00 e. The molecular weight excluding hydrogens is 891 g/mol. The number of para-hydroxylation sites is 2. The Kier molecular flexibility index (Phi) is 27.9.